The van der Waals surface area contributed by atoms with Crippen molar-refractivity contribution in [2.45, 2.75) is 12.3 Å². The van der Waals surface area contributed by atoms with Crippen molar-refractivity contribution in [3.05, 3.63) is 74.8 Å². The summed E-state index contributed by atoms with van der Waals surface area (Å²) in [6.45, 7) is 0. The lowest BCUT2D eigenvalue weighted by Gasteiger charge is -2.02. The predicted octanol–water partition coefficient (Wildman–Crippen LogP) is 4.23. The fourth-order valence-electron chi connectivity index (χ4n) is 2.52. The molecule has 1 fully saturated rings. The first kappa shape index (κ1) is 13.8. The number of hydrogen-bond donors (Lipinski definition) is 0. The van der Waals surface area contributed by atoms with Crippen molar-refractivity contribution >= 4 is 23.1 Å². The molecule has 0 bridgehead atoms. The average Bonchev–Trinajstić information content (AvgIpc) is 3.28. The third-order valence-corrected chi connectivity index (χ3v) is 4.04. The van der Waals surface area contributed by atoms with Gasteiger partial charge >= 0.3 is 0 Å². The quantitative estimate of drug-likeness (QED) is 0.482. The molecule has 2 aromatic rings. The number of carbonyl (C=O) groups excluding carboxylic acids is 1. The molecule has 0 saturated heterocycles. The topological polar surface area (TPSA) is 60.2 Å². The standard InChI is InChI=1S/C16H12ClNO3/c17-12-5-1-10(2-6-12)14-9-15(14)16(19)11-3-7-13(8-4-11)18(20)21/h1-8,14-15H,9H2/t14-,15-/m1/s1. The minimum Gasteiger partial charge on any atom is -0.294 e. The number of nitro benzene ring substituents is 1. The normalized spacial score (nSPS) is 20.0. The van der Waals surface area contributed by atoms with Crippen LogP contribution in [0.3, 0.4) is 0 Å². The van der Waals surface area contributed by atoms with E-state index < -0.39 is 4.92 Å². The summed E-state index contributed by atoms with van der Waals surface area (Å²) in [6.07, 6.45) is 0.817. The van der Waals surface area contributed by atoms with Crippen LogP contribution in [0.15, 0.2) is 48.5 Å². The molecule has 0 spiro atoms. The van der Waals surface area contributed by atoms with Crippen LogP contribution in [0.4, 0.5) is 5.69 Å². The zero-order valence-electron chi connectivity index (χ0n) is 11.0. The van der Waals surface area contributed by atoms with E-state index in [1.54, 1.807) is 0 Å². The number of nitro groups is 1. The van der Waals surface area contributed by atoms with Crippen LogP contribution < -0.4 is 0 Å². The van der Waals surface area contributed by atoms with Gasteiger partial charge in [-0.05, 0) is 42.2 Å². The molecule has 0 aromatic heterocycles. The van der Waals surface area contributed by atoms with Crippen LogP contribution in [0.2, 0.25) is 5.02 Å². The maximum atomic E-state index is 12.3. The van der Waals surface area contributed by atoms with E-state index in [1.807, 2.05) is 24.3 Å². The highest BCUT2D eigenvalue weighted by Gasteiger charge is 2.43. The number of carbonyl (C=O) groups is 1. The van der Waals surface area contributed by atoms with Crippen molar-refractivity contribution < 1.29 is 9.72 Å². The number of Topliss-reactive ketones (excluding diaryl/α,β-unsaturated/α-hetero) is 1. The van der Waals surface area contributed by atoms with E-state index in [9.17, 15) is 14.9 Å². The fraction of sp³-hybridized carbons (Fsp3) is 0.188. The molecule has 2 atom stereocenters. The van der Waals surface area contributed by atoms with Crippen molar-refractivity contribution in [1.82, 2.24) is 0 Å². The van der Waals surface area contributed by atoms with E-state index in [0.29, 0.717) is 10.6 Å². The summed E-state index contributed by atoms with van der Waals surface area (Å²) in [4.78, 5) is 22.5. The van der Waals surface area contributed by atoms with Gasteiger partial charge in [0.15, 0.2) is 5.78 Å². The molecule has 5 heteroatoms. The Labute approximate surface area is 126 Å². The second-order valence-electron chi connectivity index (χ2n) is 5.17. The molecular weight excluding hydrogens is 290 g/mol. The Kier molecular flexibility index (Phi) is 3.47. The molecule has 1 aliphatic rings. The van der Waals surface area contributed by atoms with Gasteiger partial charge in [0, 0.05) is 28.6 Å². The summed E-state index contributed by atoms with van der Waals surface area (Å²) in [7, 11) is 0. The number of ketones is 1. The second-order valence-corrected chi connectivity index (χ2v) is 5.60. The molecule has 2 aromatic carbocycles. The summed E-state index contributed by atoms with van der Waals surface area (Å²) < 4.78 is 0. The third kappa shape index (κ3) is 2.81. The van der Waals surface area contributed by atoms with Crippen molar-refractivity contribution in [3.8, 4) is 0 Å². The number of hydrogen-bond acceptors (Lipinski definition) is 3. The van der Waals surface area contributed by atoms with E-state index in [4.69, 9.17) is 11.6 Å². The lowest BCUT2D eigenvalue weighted by atomic mass is 10.0. The highest BCUT2D eigenvalue weighted by Crippen LogP contribution is 2.49. The highest BCUT2D eigenvalue weighted by molar-refractivity contribution is 6.30. The summed E-state index contributed by atoms with van der Waals surface area (Å²) in [5.41, 5.74) is 1.64. The monoisotopic (exact) mass is 301 g/mol. The van der Waals surface area contributed by atoms with Crippen molar-refractivity contribution in [2.75, 3.05) is 0 Å². The first-order valence-corrected chi connectivity index (χ1v) is 6.98. The van der Waals surface area contributed by atoms with E-state index in [2.05, 4.69) is 0 Å². The molecule has 4 nitrogen and oxygen atoms in total. The first-order valence-electron chi connectivity index (χ1n) is 6.60. The minimum absolute atomic E-state index is 0.00315. The number of non-ortho nitro benzene ring substituents is 1. The molecule has 0 radical (unpaired) electrons. The number of rotatable bonds is 4. The number of benzene rings is 2. The molecule has 0 amide bonds. The molecule has 0 heterocycles. The van der Waals surface area contributed by atoms with E-state index in [0.717, 1.165) is 12.0 Å². The zero-order chi connectivity index (χ0) is 15.0. The van der Waals surface area contributed by atoms with Crippen LogP contribution in [0.25, 0.3) is 0 Å². The van der Waals surface area contributed by atoms with Crippen LogP contribution in [0, 0.1) is 16.0 Å². The molecule has 0 N–H and O–H groups in total. The Morgan fingerprint density at radius 2 is 1.71 bits per heavy atom. The summed E-state index contributed by atoms with van der Waals surface area (Å²) in [5.74, 6) is 0.238. The molecule has 3 rings (SSSR count). The number of halogens is 1. The van der Waals surface area contributed by atoms with Gasteiger partial charge in [-0.3, -0.25) is 14.9 Å². The summed E-state index contributed by atoms with van der Waals surface area (Å²) in [5, 5.41) is 11.3. The predicted molar refractivity (Wildman–Crippen MR) is 79.7 cm³/mol. The minimum atomic E-state index is -0.470. The summed E-state index contributed by atoms with van der Waals surface area (Å²) in [6, 6.07) is 13.3. The van der Waals surface area contributed by atoms with Gasteiger partial charge in [0.2, 0.25) is 0 Å². The Hall–Kier alpha value is -2.20. The largest absolute Gasteiger partial charge is 0.294 e. The molecular formula is C16H12ClNO3. The lowest BCUT2D eigenvalue weighted by Crippen LogP contribution is -2.03. The SMILES string of the molecule is O=C(c1ccc([N+](=O)[O-])cc1)[C@@H]1C[C@@H]1c1ccc(Cl)cc1. The van der Waals surface area contributed by atoms with Gasteiger partial charge in [-0.1, -0.05) is 23.7 Å². The van der Waals surface area contributed by atoms with Gasteiger partial charge in [-0.15, -0.1) is 0 Å². The average molecular weight is 302 g/mol. The van der Waals surface area contributed by atoms with E-state index >= 15 is 0 Å². The second kappa shape index (κ2) is 5.30. The van der Waals surface area contributed by atoms with Crippen LogP contribution in [0.1, 0.15) is 28.3 Å². The molecule has 1 saturated carbocycles. The van der Waals surface area contributed by atoms with Crippen LogP contribution in [-0.4, -0.2) is 10.7 Å². The van der Waals surface area contributed by atoms with Crippen LogP contribution >= 0.6 is 11.6 Å². The molecule has 106 valence electrons. The van der Waals surface area contributed by atoms with Gasteiger partial charge in [0.05, 0.1) is 4.92 Å². The van der Waals surface area contributed by atoms with Gasteiger partial charge < -0.3 is 0 Å². The first-order chi connectivity index (χ1) is 10.1. The number of nitrogens with zero attached hydrogens (tertiary/aromatic N) is 1. The molecule has 21 heavy (non-hydrogen) atoms. The van der Waals surface area contributed by atoms with Crippen molar-refractivity contribution in [3.63, 3.8) is 0 Å². The van der Waals surface area contributed by atoms with Crippen molar-refractivity contribution in [2.24, 2.45) is 5.92 Å². The van der Waals surface area contributed by atoms with E-state index in [-0.39, 0.29) is 23.3 Å². The maximum Gasteiger partial charge on any atom is 0.269 e. The Bertz CT molecular complexity index is 694. The smallest absolute Gasteiger partial charge is 0.269 e. The summed E-state index contributed by atoms with van der Waals surface area (Å²) >= 11 is 5.85. The van der Waals surface area contributed by atoms with Crippen LogP contribution in [-0.2, 0) is 0 Å². The van der Waals surface area contributed by atoms with Gasteiger partial charge in [0.25, 0.3) is 5.69 Å². The maximum absolute atomic E-state index is 12.3. The van der Waals surface area contributed by atoms with Gasteiger partial charge in [-0.25, -0.2) is 0 Å². The molecule has 0 unspecified atom stereocenters. The molecule has 0 aliphatic heterocycles. The Morgan fingerprint density at radius 1 is 1.10 bits per heavy atom. The third-order valence-electron chi connectivity index (χ3n) is 3.79. The van der Waals surface area contributed by atoms with Gasteiger partial charge in [0.1, 0.15) is 0 Å². The van der Waals surface area contributed by atoms with E-state index in [1.165, 1.54) is 24.3 Å². The highest BCUT2D eigenvalue weighted by atomic mass is 35.5. The Morgan fingerprint density at radius 3 is 2.29 bits per heavy atom. The lowest BCUT2D eigenvalue weighted by molar-refractivity contribution is -0.384. The molecule has 1 aliphatic carbocycles. The fourth-order valence-corrected chi connectivity index (χ4v) is 2.65. The van der Waals surface area contributed by atoms with Gasteiger partial charge in [-0.2, -0.15) is 0 Å². The Balaban J connectivity index is 1.72. The van der Waals surface area contributed by atoms with Crippen LogP contribution in [0.5, 0.6) is 0 Å². The zero-order valence-corrected chi connectivity index (χ0v) is 11.8. The van der Waals surface area contributed by atoms with Crippen molar-refractivity contribution in [1.29, 1.82) is 0 Å².